The van der Waals surface area contributed by atoms with Gasteiger partial charge in [-0.15, -0.1) is 0 Å². The molecule has 0 aliphatic heterocycles. The van der Waals surface area contributed by atoms with Crippen LogP contribution in [0.5, 0.6) is 5.75 Å². The minimum atomic E-state index is -0.412. The summed E-state index contributed by atoms with van der Waals surface area (Å²) in [6.45, 7) is 6.40. The molecule has 0 aliphatic carbocycles. The number of aromatic hydroxyl groups is 1. The number of ether oxygens (including phenoxy) is 1. The van der Waals surface area contributed by atoms with Gasteiger partial charge >= 0.3 is 0 Å². The molecule has 0 aromatic heterocycles. The van der Waals surface area contributed by atoms with Crippen LogP contribution in [0.2, 0.25) is 0 Å². The van der Waals surface area contributed by atoms with E-state index in [2.05, 4.69) is 19.2 Å². The smallest absolute Gasteiger partial charge is 0.127 e. The third-order valence-corrected chi connectivity index (χ3v) is 2.86. The monoisotopic (exact) mass is 255 g/mol. The summed E-state index contributed by atoms with van der Waals surface area (Å²) in [7, 11) is 1.69. The molecule has 18 heavy (non-hydrogen) atoms. The van der Waals surface area contributed by atoms with Gasteiger partial charge in [-0.05, 0) is 29.5 Å². The first-order chi connectivity index (χ1) is 8.43. The van der Waals surface area contributed by atoms with Gasteiger partial charge in [0, 0.05) is 32.9 Å². The first-order valence-electron chi connectivity index (χ1n) is 6.11. The van der Waals surface area contributed by atoms with E-state index in [1.807, 2.05) is 0 Å². The fraction of sp³-hybridized carbons (Fsp3) is 0.571. The lowest BCUT2D eigenvalue weighted by Crippen LogP contribution is -2.30. The maximum Gasteiger partial charge on any atom is 0.127 e. The van der Waals surface area contributed by atoms with Crippen LogP contribution in [0.4, 0.5) is 4.39 Å². The predicted molar refractivity (Wildman–Crippen MR) is 70.0 cm³/mol. The van der Waals surface area contributed by atoms with Crippen LogP contribution in [0.25, 0.3) is 0 Å². The van der Waals surface area contributed by atoms with Crippen LogP contribution in [-0.2, 0) is 11.3 Å². The molecule has 0 spiro atoms. The van der Waals surface area contributed by atoms with Crippen molar-refractivity contribution in [2.45, 2.75) is 26.8 Å². The summed E-state index contributed by atoms with van der Waals surface area (Å²) < 4.78 is 18.1. The Bertz CT molecular complexity index is 360. The lowest BCUT2D eigenvalue weighted by Gasteiger charge is -2.24. The topological polar surface area (TPSA) is 41.5 Å². The molecule has 2 N–H and O–H groups in total. The first kappa shape index (κ1) is 14.9. The van der Waals surface area contributed by atoms with Crippen molar-refractivity contribution >= 4 is 0 Å². The van der Waals surface area contributed by atoms with Crippen LogP contribution in [-0.4, -0.2) is 25.4 Å². The standard InChI is InChI=1S/C14H22FNO2/c1-14(2,4-5-18-3)10-16-9-11-6-12(15)8-13(17)7-11/h6-8,16-17H,4-5,9-10H2,1-3H3. The van der Waals surface area contributed by atoms with E-state index < -0.39 is 5.82 Å². The van der Waals surface area contributed by atoms with Crippen LogP contribution in [0, 0.1) is 11.2 Å². The zero-order chi connectivity index (χ0) is 13.6. The molecule has 4 heteroatoms. The van der Waals surface area contributed by atoms with Gasteiger partial charge in [-0.25, -0.2) is 4.39 Å². The van der Waals surface area contributed by atoms with E-state index in [0.717, 1.165) is 31.2 Å². The van der Waals surface area contributed by atoms with Crippen LogP contribution in [0.1, 0.15) is 25.8 Å². The van der Waals surface area contributed by atoms with Gasteiger partial charge < -0.3 is 15.2 Å². The van der Waals surface area contributed by atoms with Crippen LogP contribution >= 0.6 is 0 Å². The molecule has 0 atom stereocenters. The Kier molecular flexibility index (Phi) is 5.56. The zero-order valence-electron chi connectivity index (χ0n) is 11.3. The van der Waals surface area contributed by atoms with Gasteiger partial charge in [0.2, 0.25) is 0 Å². The molecule has 0 unspecified atom stereocenters. The Balaban J connectivity index is 2.41. The number of methoxy groups -OCH3 is 1. The Morgan fingerprint density at radius 2 is 2.06 bits per heavy atom. The SMILES string of the molecule is COCCC(C)(C)CNCc1cc(O)cc(F)c1. The maximum absolute atomic E-state index is 13.1. The summed E-state index contributed by atoms with van der Waals surface area (Å²) in [5, 5.41) is 12.6. The average Bonchev–Trinajstić information content (AvgIpc) is 2.25. The van der Waals surface area contributed by atoms with Crippen LogP contribution in [0.3, 0.4) is 0 Å². The molecule has 0 fully saturated rings. The Morgan fingerprint density at radius 3 is 2.67 bits per heavy atom. The summed E-state index contributed by atoms with van der Waals surface area (Å²) in [4.78, 5) is 0. The molecule has 1 aromatic carbocycles. The van der Waals surface area contributed by atoms with Crippen molar-refractivity contribution in [1.82, 2.24) is 5.32 Å². The number of hydrogen-bond donors (Lipinski definition) is 2. The van der Waals surface area contributed by atoms with Crippen molar-refractivity contribution in [2.24, 2.45) is 5.41 Å². The van der Waals surface area contributed by atoms with Crippen LogP contribution in [0.15, 0.2) is 18.2 Å². The van der Waals surface area contributed by atoms with Gasteiger partial charge in [0.15, 0.2) is 0 Å². The van der Waals surface area contributed by atoms with E-state index in [4.69, 9.17) is 4.74 Å². The van der Waals surface area contributed by atoms with Crippen molar-refractivity contribution in [3.63, 3.8) is 0 Å². The van der Waals surface area contributed by atoms with E-state index >= 15 is 0 Å². The number of hydrogen-bond acceptors (Lipinski definition) is 3. The van der Waals surface area contributed by atoms with Crippen molar-refractivity contribution in [3.05, 3.63) is 29.6 Å². The van der Waals surface area contributed by atoms with E-state index in [1.165, 1.54) is 6.07 Å². The summed E-state index contributed by atoms with van der Waals surface area (Å²) in [5.74, 6) is -0.448. The number of phenolic OH excluding ortho intramolecular Hbond substituents is 1. The minimum absolute atomic E-state index is 0.0366. The zero-order valence-corrected chi connectivity index (χ0v) is 11.3. The van der Waals surface area contributed by atoms with E-state index in [9.17, 15) is 9.50 Å². The van der Waals surface area contributed by atoms with E-state index in [-0.39, 0.29) is 11.2 Å². The molecular formula is C14H22FNO2. The number of halogens is 1. The summed E-state index contributed by atoms with van der Waals surface area (Å²) in [6, 6.07) is 4.10. The third kappa shape index (κ3) is 5.47. The Labute approximate surface area is 108 Å². The van der Waals surface area contributed by atoms with Crippen molar-refractivity contribution in [2.75, 3.05) is 20.3 Å². The van der Waals surface area contributed by atoms with Gasteiger partial charge in [0.05, 0.1) is 0 Å². The summed E-state index contributed by atoms with van der Waals surface area (Å²) >= 11 is 0. The summed E-state index contributed by atoms with van der Waals surface area (Å²) in [5.41, 5.74) is 0.876. The van der Waals surface area contributed by atoms with Gasteiger partial charge in [-0.1, -0.05) is 13.8 Å². The quantitative estimate of drug-likeness (QED) is 0.787. The van der Waals surface area contributed by atoms with Gasteiger partial charge in [0.25, 0.3) is 0 Å². The number of phenols is 1. The van der Waals surface area contributed by atoms with Crippen molar-refractivity contribution in [3.8, 4) is 5.75 Å². The lowest BCUT2D eigenvalue weighted by atomic mass is 9.89. The highest BCUT2D eigenvalue weighted by molar-refractivity contribution is 5.28. The number of nitrogens with one attached hydrogen (secondary N) is 1. The molecule has 0 saturated heterocycles. The van der Waals surface area contributed by atoms with Gasteiger partial charge in [-0.2, -0.15) is 0 Å². The van der Waals surface area contributed by atoms with Crippen molar-refractivity contribution < 1.29 is 14.2 Å². The molecule has 3 nitrogen and oxygen atoms in total. The molecule has 0 saturated carbocycles. The highest BCUT2D eigenvalue weighted by atomic mass is 19.1. The minimum Gasteiger partial charge on any atom is -0.508 e. The number of benzene rings is 1. The van der Waals surface area contributed by atoms with E-state index in [1.54, 1.807) is 13.2 Å². The number of rotatable bonds is 7. The Morgan fingerprint density at radius 1 is 1.33 bits per heavy atom. The second-order valence-electron chi connectivity index (χ2n) is 5.33. The fourth-order valence-electron chi connectivity index (χ4n) is 1.75. The molecule has 0 amide bonds. The first-order valence-corrected chi connectivity index (χ1v) is 6.11. The van der Waals surface area contributed by atoms with E-state index in [0.29, 0.717) is 6.54 Å². The maximum atomic E-state index is 13.1. The third-order valence-electron chi connectivity index (χ3n) is 2.86. The second kappa shape index (κ2) is 6.71. The fourth-order valence-corrected chi connectivity index (χ4v) is 1.75. The molecule has 0 radical (unpaired) electrons. The van der Waals surface area contributed by atoms with Gasteiger partial charge in [-0.3, -0.25) is 0 Å². The lowest BCUT2D eigenvalue weighted by molar-refractivity contribution is 0.150. The Hall–Kier alpha value is -1.13. The average molecular weight is 255 g/mol. The summed E-state index contributed by atoms with van der Waals surface area (Å²) in [6.07, 6.45) is 0.963. The molecule has 1 rings (SSSR count). The molecule has 1 aromatic rings. The highest BCUT2D eigenvalue weighted by Crippen LogP contribution is 2.19. The molecule has 0 heterocycles. The molecular weight excluding hydrogens is 233 g/mol. The predicted octanol–water partition coefficient (Wildman–Crippen LogP) is 2.68. The van der Waals surface area contributed by atoms with Crippen molar-refractivity contribution in [1.29, 1.82) is 0 Å². The molecule has 102 valence electrons. The van der Waals surface area contributed by atoms with Gasteiger partial charge in [0.1, 0.15) is 11.6 Å². The second-order valence-corrected chi connectivity index (χ2v) is 5.33. The van der Waals surface area contributed by atoms with Crippen LogP contribution < -0.4 is 5.32 Å². The highest BCUT2D eigenvalue weighted by Gasteiger charge is 2.16. The molecule has 0 bridgehead atoms. The normalized spacial score (nSPS) is 11.8. The molecule has 0 aliphatic rings. The largest absolute Gasteiger partial charge is 0.508 e.